The predicted molar refractivity (Wildman–Crippen MR) is 206 cm³/mol. The van der Waals surface area contributed by atoms with E-state index in [1.165, 1.54) is 9.80 Å². The number of rotatable bonds is 14. The van der Waals surface area contributed by atoms with Crippen molar-refractivity contribution in [2.45, 2.75) is 134 Å². The summed E-state index contributed by atoms with van der Waals surface area (Å²) in [6.45, 7) is 8.65. The number of fused-ring (bicyclic) bond motifs is 1. The molecular weight excluding hydrogens is 720 g/mol. The molecule has 15 heteroatoms. The average Bonchev–Trinajstić information content (AvgIpc) is 3.82. The molecule has 4 N–H and O–H groups in total. The van der Waals surface area contributed by atoms with Gasteiger partial charge in [-0.25, -0.2) is 4.79 Å². The van der Waals surface area contributed by atoms with Crippen molar-refractivity contribution in [1.82, 2.24) is 31.1 Å². The third-order valence-electron chi connectivity index (χ3n) is 11.1. The Balaban J connectivity index is 1.31. The molecule has 4 fully saturated rings. The molecule has 1 unspecified atom stereocenters. The SMILES string of the molecule is CN(C)C(=O)[C@@H](NC(=O)CNC(=O)C(=O)C(CC1CC1)NC(=O)[C@@H]1[C@H]2CC(C)(C)O[C@H]2CN1C(=O)[C@@H](NC(=O)OC(C)(C)C)C1CCCCC1)c1ccccc1. The van der Waals surface area contributed by atoms with E-state index in [-0.39, 0.29) is 36.6 Å². The molecule has 2 aliphatic carbocycles. The first-order valence-electron chi connectivity index (χ1n) is 20.0. The van der Waals surface area contributed by atoms with E-state index < -0.39 is 83.5 Å². The van der Waals surface area contributed by atoms with Crippen molar-refractivity contribution in [2.24, 2.45) is 17.8 Å². The van der Waals surface area contributed by atoms with Crippen molar-refractivity contribution in [1.29, 1.82) is 0 Å². The second-order valence-electron chi connectivity index (χ2n) is 17.7. The first-order valence-corrected chi connectivity index (χ1v) is 20.0. The highest BCUT2D eigenvalue weighted by Crippen LogP contribution is 2.44. The third-order valence-corrected chi connectivity index (χ3v) is 11.1. The number of likely N-dealkylation sites (N-methyl/N-ethyl adjacent to an activating group) is 1. The Bertz CT molecular complexity index is 1630. The first kappa shape index (κ1) is 42.6. The lowest BCUT2D eigenvalue weighted by atomic mass is 9.83. The fourth-order valence-corrected chi connectivity index (χ4v) is 8.28. The molecule has 56 heavy (non-hydrogen) atoms. The first-order chi connectivity index (χ1) is 26.3. The number of nitrogens with one attached hydrogen (secondary N) is 4. The minimum Gasteiger partial charge on any atom is -0.444 e. The quantitative estimate of drug-likeness (QED) is 0.206. The van der Waals surface area contributed by atoms with Gasteiger partial charge in [0.2, 0.25) is 29.4 Å². The minimum absolute atomic E-state index is 0.126. The van der Waals surface area contributed by atoms with Gasteiger partial charge in [-0.1, -0.05) is 62.4 Å². The summed E-state index contributed by atoms with van der Waals surface area (Å²) in [6, 6.07) is 4.51. The highest BCUT2D eigenvalue weighted by Gasteiger charge is 2.56. The van der Waals surface area contributed by atoms with Crippen LogP contribution in [0.5, 0.6) is 0 Å². The van der Waals surface area contributed by atoms with Crippen LogP contribution in [-0.2, 0) is 38.2 Å². The molecule has 2 heterocycles. The zero-order valence-electron chi connectivity index (χ0n) is 33.9. The van der Waals surface area contributed by atoms with Crippen molar-refractivity contribution in [3.63, 3.8) is 0 Å². The van der Waals surface area contributed by atoms with E-state index in [0.717, 1.165) is 44.9 Å². The number of benzene rings is 1. The molecule has 1 aromatic rings. The third kappa shape index (κ3) is 11.1. The van der Waals surface area contributed by atoms with E-state index in [0.29, 0.717) is 12.0 Å². The zero-order valence-corrected chi connectivity index (χ0v) is 33.9. The topological polar surface area (TPSA) is 193 Å². The highest BCUT2D eigenvalue weighted by molar-refractivity contribution is 6.38. The molecule has 6 atom stereocenters. The van der Waals surface area contributed by atoms with Gasteiger partial charge in [0.1, 0.15) is 23.7 Å². The number of ketones is 1. The molecular formula is C41H60N6O9. The van der Waals surface area contributed by atoms with Crippen LogP contribution in [0, 0.1) is 17.8 Å². The van der Waals surface area contributed by atoms with Crippen LogP contribution < -0.4 is 21.3 Å². The van der Waals surface area contributed by atoms with Gasteiger partial charge in [0.05, 0.1) is 24.3 Å². The van der Waals surface area contributed by atoms with Gasteiger partial charge in [-0.2, -0.15) is 0 Å². The van der Waals surface area contributed by atoms with E-state index in [1.54, 1.807) is 65.2 Å². The van der Waals surface area contributed by atoms with Crippen molar-refractivity contribution in [3.8, 4) is 0 Å². The van der Waals surface area contributed by atoms with Crippen LogP contribution >= 0.6 is 0 Å². The minimum atomic E-state index is -1.20. The Morgan fingerprint density at radius 2 is 1.59 bits per heavy atom. The Morgan fingerprint density at radius 3 is 2.20 bits per heavy atom. The molecule has 0 spiro atoms. The number of likely N-dealkylation sites (tertiary alicyclic amines) is 1. The maximum absolute atomic E-state index is 14.6. The van der Waals surface area contributed by atoms with Crippen LogP contribution in [0.1, 0.15) is 104 Å². The lowest BCUT2D eigenvalue weighted by molar-refractivity contribution is -0.145. The number of nitrogens with zero attached hydrogens (tertiary/aromatic N) is 2. The van der Waals surface area contributed by atoms with Crippen molar-refractivity contribution < 1.29 is 43.0 Å². The smallest absolute Gasteiger partial charge is 0.408 e. The fraction of sp³-hybridized carbons (Fsp3) is 0.683. The van der Waals surface area contributed by atoms with Gasteiger partial charge in [0.15, 0.2) is 0 Å². The standard InChI is InChI=1S/C41H60N6O9/c1-40(2,3)56-39(54)45-32(26-16-12-9-13-17-26)38(53)47-23-29-27(21-41(4,5)55-29)33(47)35(50)43-28(20-24-18-19-24)34(49)36(51)42-22-30(48)44-31(37(52)46(6)7)25-14-10-8-11-15-25/h8,10-11,14-15,24,26-29,31-33H,9,12-13,16-23H2,1-7H3,(H,42,51)(H,43,50)(H,44,48)(H,45,54)/t27-,28?,29-,31-,32-,33-/m0/s1. The number of amides is 6. The predicted octanol–water partition coefficient (Wildman–Crippen LogP) is 2.77. The Morgan fingerprint density at radius 1 is 0.929 bits per heavy atom. The number of ether oxygens (including phenoxy) is 2. The molecule has 6 amide bonds. The van der Waals surface area contributed by atoms with Crippen LogP contribution in [0.2, 0.25) is 0 Å². The van der Waals surface area contributed by atoms with Gasteiger partial charge >= 0.3 is 6.09 Å². The lowest BCUT2D eigenvalue weighted by Crippen LogP contribution is -2.59. The summed E-state index contributed by atoms with van der Waals surface area (Å²) in [7, 11) is 3.13. The lowest BCUT2D eigenvalue weighted by Gasteiger charge is -2.36. The molecule has 0 radical (unpaired) electrons. The summed E-state index contributed by atoms with van der Waals surface area (Å²) in [5.74, 6) is -4.42. The normalized spacial score (nSPS) is 23.5. The fourth-order valence-electron chi connectivity index (χ4n) is 8.28. The van der Waals surface area contributed by atoms with E-state index in [9.17, 15) is 33.6 Å². The molecule has 308 valence electrons. The summed E-state index contributed by atoms with van der Waals surface area (Å²) in [5, 5.41) is 10.7. The van der Waals surface area contributed by atoms with Crippen molar-refractivity contribution in [3.05, 3.63) is 35.9 Å². The Kier molecular flexibility index (Phi) is 13.5. The van der Waals surface area contributed by atoms with E-state index >= 15 is 0 Å². The number of hydrogen-bond acceptors (Lipinski definition) is 9. The monoisotopic (exact) mass is 780 g/mol. The number of carbonyl (C=O) groups excluding carboxylic acids is 7. The average molecular weight is 781 g/mol. The van der Waals surface area contributed by atoms with Crippen LogP contribution in [0.4, 0.5) is 4.79 Å². The van der Waals surface area contributed by atoms with Crippen LogP contribution in [0.25, 0.3) is 0 Å². The van der Waals surface area contributed by atoms with Gasteiger partial charge in [-0.05, 0) is 77.7 Å². The van der Waals surface area contributed by atoms with E-state index in [1.807, 2.05) is 13.8 Å². The molecule has 1 aromatic carbocycles. The molecule has 5 rings (SSSR count). The van der Waals surface area contributed by atoms with E-state index in [2.05, 4.69) is 21.3 Å². The van der Waals surface area contributed by atoms with Crippen LogP contribution in [-0.4, -0.2) is 114 Å². The number of hydrogen-bond donors (Lipinski definition) is 4. The summed E-state index contributed by atoms with van der Waals surface area (Å²) in [5.41, 5.74) is -0.787. The van der Waals surface area contributed by atoms with Gasteiger partial charge in [-0.3, -0.25) is 28.8 Å². The van der Waals surface area contributed by atoms with Crippen LogP contribution in [0.15, 0.2) is 30.3 Å². The number of carbonyl (C=O) groups is 7. The van der Waals surface area contributed by atoms with Gasteiger partial charge in [0.25, 0.3) is 5.91 Å². The van der Waals surface area contributed by atoms with Crippen molar-refractivity contribution in [2.75, 3.05) is 27.2 Å². The summed E-state index contributed by atoms with van der Waals surface area (Å²) >= 11 is 0. The summed E-state index contributed by atoms with van der Waals surface area (Å²) < 4.78 is 11.9. The number of alkyl carbamates (subject to hydrolysis) is 1. The largest absolute Gasteiger partial charge is 0.444 e. The molecule has 2 aliphatic heterocycles. The molecule has 15 nitrogen and oxygen atoms in total. The van der Waals surface area contributed by atoms with E-state index in [4.69, 9.17) is 9.47 Å². The van der Waals surface area contributed by atoms with Gasteiger partial charge in [-0.15, -0.1) is 0 Å². The molecule has 4 aliphatic rings. The molecule has 0 bridgehead atoms. The summed E-state index contributed by atoms with van der Waals surface area (Å²) in [6.07, 6.45) is 5.53. The van der Waals surface area contributed by atoms with Crippen LogP contribution in [0.3, 0.4) is 0 Å². The maximum atomic E-state index is 14.6. The Hall–Kier alpha value is -4.53. The molecule has 2 saturated carbocycles. The van der Waals surface area contributed by atoms with Crippen molar-refractivity contribution >= 4 is 41.4 Å². The summed E-state index contributed by atoms with van der Waals surface area (Å²) in [4.78, 5) is 97.8. The molecule has 2 saturated heterocycles. The second kappa shape index (κ2) is 17.7. The van der Waals surface area contributed by atoms with Gasteiger partial charge in [0, 0.05) is 26.6 Å². The number of Topliss-reactive ketones (excluding diaryl/α,β-unsaturated/α-hetero) is 1. The van der Waals surface area contributed by atoms with Gasteiger partial charge < -0.3 is 40.5 Å². The second-order valence-corrected chi connectivity index (χ2v) is 17.7. The zero-order chi connectivity index (χ0) is 40.9. The highest BCUT2D eigenvalue weighted by atomic mass is 16.6. The Labute approximate surface area is 329 Å². The maximum Gasteiger partial charge on any atom is 0.408 e. The molecule has 0 aromatic heterocycles.